The maximum Gasteiger partial charge on any atom is 0.0814 e. The molecule has 0 saturated heterocycles. The van der Waals surface area contributed by atoms with E-state index in [0.717, 1.165) is 6.42 Å². The summed E-state index contributed by atoms with van der Waals surface area (Å²) in [6.45, 7) is 4.21. The van der Waals surface area contributed by atoms with Gasteiger partial charge in [0.05, 0.1) is 5.88 Å². The molecule has 0 aliphatic heterocycles. The van der Waals surface area contributed by atoms with Crippen molar-refractivity contribution in [3.63, 3.8) is 0 Å². The first-order chi connectivity index (χ1) is 4.31. The summed E-state index contributed by atoms with van der Waals surface area (Å²) >= 11 is 3.93. The summed E-state index contributed by atoms with van der Waals surface area (Å²) in [7, 11) is 0. The van der Waals surface area contributed by atoms with Crippen LogP contribution in [0, 0.1) is 0 Å². The highest BCUT2D eigenvalue weighted by molar-refractivity contribution is 7.80. The maximum atomic E-state index is 3.93. The van der Waals surface area contributed by atoms with Gasteiger partial charge in [-0.15, -0.1) is 0 Å². The second-order valence-electron chi connectivity index (χ2n) is 1.84. The van der Waals surface area contributed by atoms with E-state index in [0.29, 0.717) is 5.88 Å². The fourth-order valence-electron chi connectivity index (χ4n) is 0.345. The molecule has 0 aliphatic carbocycles. The van der Waals surface area contributed by atoms with Gasteiger partial charge in [0.25, 0.3) is 0 Å². The van der Waals surface area contributed by atoms with Crippen LogP contribution in [0.15, 0.2) is 16.6 Å². The van der Waals surface area contributed by atoms with E-state index in [1.54, 1.807) is 6.21 Å². The first-order valence-electron chi connectivity index (χ1n) is 3.07. The lowest BCUT2D eigenvalue weighted by molar-refractivity contribution is 1.10. The minimum atomic E-state index is 0.577. The standard InChI is InChI=1S/C7H13NS/c1-3-7(2)4-5-8-6-9/h4-5,9H,3,6H2,1-2H3/b7-4+,8-5?. The normalized spacial score (nSPS) is 13.0. The van der Waals surface area contributed by atoms with Crippen LogP contribution in [0.5, 0.6) is 0 Å². The second kappa shape index (κ2) is 5.89. The molecule has 0 aromatic rings. The van der Waals surface area contributed by atoms with Crippen molar-refractivity contribution in [1.82, 2.24) is 0 Å². The van der Waals surface area contributed by atoms with Gasteiger partial charge in [0.1, 0.15) is 0 Å². The van der Waals surface area contributed by atoms with Gasteiger partial charge in [0.2, 0.25) is 0 Å². The summed E-state index contributed by atoms with van der Waals surface area (Å²) in [4.78, 5) is 3.92. The van der Waals surface area contributed by atoms with Crippen LogP contribution in [0.3, 0.4) is 0 Å². The number of rotatable bonds is 3. The molecule has 0 unspecified atom stereocenters. The van der Waals surface area contributed by atoms with Crippen LogP contribution < -0.4 is 0 Å². The number of hydrogen-bond acceptors (Lipinski definition) is 2. The number of nitrogens with zero attached hydrogens (tertiary/aromatic N) is 1. The van der Waals surface area contributed by atoms with Crippen molar-refractivity contribution in [1.29, 1.82) is 0 Å². The molecule has 0 rings (SSSR count). The van der Waals surface area contributed by atoms with Gasteiger partial charge in [0.15, 0.2) is 0 Å². The SMILES string of the molecule is CC/C(C)=C/C=NCS. The summed E-state index contributed by atoms with van der Waals surface area (Å²) in [5.41, 5.74) is 1.35. The van der Waals surface area contributed by atoms with E-state index < -0.39 is 0 Å². The van der Waals surface area contributed by atoms with E-state index in [-0.39, 0.29) is 0 Å². The highest BCUT2D eigenvalue weighted by Gasteiger charge is 1.77. The van der Waals surface area contributed by atoms with Crippen LogP contribution in [0.1, 0.15) is 20.3 Å². The maximum absolute atomic E-state index is 3.93. The Morgan fingerprint density at radius 1 is 1.67 bits per heavy atom. The Morgan fingerprint density at radius 3 is 2.78 bits per heavy atom. The fraction of sp³-hybridized carbons (Fsp3) is 0.571. The van der Waals surface area contributed by atoms with E-state index >= 15 is 0 Å². The number of hydrogen-bond donors (Lipinski definition) is 1. The number of aliphatic imine (C=N–C) groups is 1. The Balaban J connectivity index is 3.55. The van der Waals surface area contributed by atoms with Crippen molar-refractivity contribution in [3.05, 3.63) is 11.6 Å². The van der Waals surface area contributed by atoms with E-state index in [4.69, 9.17) is 0 Å². The van der Waals surface area contributed by atoms with Crippen molar-refractivity contribution < 1.29 is 0 Å². The second-order valence-corrected chi connectivity index (χ2v) is 2.12. The zero-order chi connectivity index (χ0) is 7.11. The Kier molecular flexibility index (Phi) is 5.73. The number of thiol groups is 1. The Bertz CT molecular complexity index is 116. The molecule has 0 bridgehead atoms. The summed E-state index contributed by atoms with van der Waals surface area (Å²) in [6, 6.07) is 0. The predicted molar refractivity (Wildman–Crippen MR) is 46.4 cm³/mol. The quantitative estimate of drug-likeness (QED) is 0.460. The van der Waals surface area contributed by atoms with E-state index in [2.05, 4.69) is 31.5 Å². The zero-order valence-corrected chi connectivity index (χ0v) is 6.86. The van der Waals surface area contributed by atoms with Crippen LogP contribution in [0.4, 0.5) is 0 Å². The molecule has 0 saturated carbocycles. The first-order valence-corrected chi connectivity index (χ1v) is 3.71. The lowest BCUT2D eigenvalue weighted by Crippen LogP contribution is -1.73. The average Bonchev–Trinajstić information content (AvgIpc) is 1.89. The minimum Gasteiger partial charge on any atom is -0.283 e. The van der Waals surface area contributed by atoms with Gasteiger partial charge < -0.3 is 0 Å². The van der Waals surface area contributed by atoms with Crippen LogP contribution in [-0.2, 0) is 0 Å². The Morgan fingerprint density at radius 2 is 2.33 bits per heavy atom. The molecule has 0 N–H and O–H groups in total. The van der Waals surface area contributed by atoms with Crippen LogP contribution in [0.25, 0.3) is 0 Å². The van der Waals surface area contributed by atoms with Crippen LogP contribution in [0.2, 0.25) is 0 Å². The molecule has 0 spiro atoms. The van der Waals surface area contributed by atoms with Gasteiger partial charge in [-0.25, -0.2) is 0 Å². The van der Waals surface area contributed by atoms with Crippen molar-refractivity contribution in [2.45, 2.75) is 20.3 Å². The molecule has 0 aromatic carbocycles. The summed E-state index contributed by atoms with van der Waals surface area (Å²) in [6.07, 6.45) is 4.90. The molecule has 1 nitrogen and oxygen atoms in total. The average molecular weight is 143 g/mol. The van der Waals surface area contributed by atoms with Crippen LogP contribution in [-0.4, -0.2) is 12.1 Å². The summed E-state index contributed by atoms with van der Waals surface area (Å²) in [5, 5.41) is 0. The first kappa shape index (κ1) is 8.76. The van der Waals surface area contributed by atoms with Gasteiger partial charge in [-0.1, -0.05) is 12.5 Å². The third-order valence-electron chi connectivity index (χ3n) is 1.10. The lowest BCUT2D eigenvalue weighted by Gasteiger charge is -1.87. The highest BCUT2D eigenvalue weighted by Crippen LogP contribution is 1.94. The molecule has 0 atom stereocenters. The topological polar surface area (TPSA) is 12.4 Å². The van der Waals surface area contributed by atoms with E-state index in [9.17, 15) is 0 Å². The summed E-state index contributed by atoms with van der Waals surface area (Å²) in [5.74, 6) is 0.577. The molecule has 0 heterocycles. The summed E-state index contributed by atoms with van der Waals surface area (Å²) < 4.78 is 0. The third-order valence-corrected chi connectivity index (χ3v) is 1.27. The molecule has 0 radical (unpaired) electrons. The molecule has 0 aliphatic rings. The third kappa shape index (κ3) is 5.63. The Hall–Kier alpha value is -0.240. The van der Waals surface area contributed by atoms with Gasteiger partial charge >= 0.3 is 0 Å². The van der Waals surface area contributed by atoms with Gasteiger partial charge in [0, 0.05) is 6.21 Å². The molecule has 0 fully saturated rings. The molecule has 0 aromatic heterocycles. The molecule has 0 amide bonds. The molecular weight excluding hydrogens is 130 g/mol. The van der Waals surface area contributed by atoms with Crippen molar-refractivity contribution in [2.24, 2.45) is 4.99 Å². The van der Waals surface area contributed by atoms with E-state index in [1.165, 1.54) is 5.57 Å². The van der Waals surface area contributed by atoms with Crippen molar-refractivity contribution in [3.8, 4) is 0 Å². The largest absolute Gasteiger partial charge is 0.283 e. The predicted octanol–water partition coefficient (Wildman–Crippen LogP) is 2.30. The van der Waals surface area contributed by atoms with Crippen molar-refractivity contribution in [2.75, 3.05) is 5.88 Å². The molecular formula is C7H13NS. The monoisotopic (exact) mass is 143 g/mol. The van der Waals surface area contributed by atoms with Gasteiger partial charge in [-0.2, -0.15) is 12.6 Å². The molecule has 52 valence electrons. The lowest BCUT2D eigenvalue weighted by atomic mass is 10.2. The van der Waals surface area contributed by atoms with Crippen molar-refractivity contribution >= 4 is 18.8 Å². The van der Waals surface area contributed by atoms with E-state index in [1.807, 2.05) is 6.08 Å². The van der Waals surface area contributed by atoms with Gasteiger partial charge in [-0.05, 0) is 19.4 Å². The Labute approximate surface area is 62.3 Å². The zero-order valence-electron chi connectivity index (χ0n) is 5.96. The van der Waals surface area contributed by atoms with Gasteiger partial charge in [-0.3, -0.25) is 4.99 Å². The van der Waals surface area contributed by atoms with Crippen LogP contribution >= 0.6 is 12.6 Å². The molecule has 2 heteroatoms. The molecule has 9 heavy (non-hydrogen) atoms. The fourth-order valence-corrected chi connectivity index (χ4v) is 0.439. The minimum absolute atomic E-state index is 0.577. The number of allylic oxidation sites excluding steroid dienone is 2. The highest BCUT2D eigenvalue weighted by atomic mass is 32.1. The smallest absolute Gasteiger partial charge is 0.0814 e.